The van der Waals surface area contributed by atoms with E-state index in [1.807, 2.05) is 94.4 Å². The maximum Gasteiger partial charge on any atom is 0.249 e. The zero-order chi connectivity index (χ0) is 25.9. The molecule has 0 spiro atoms. The van der Waals surface area contributed by atoms with Crippen LogP contribution in [0.2, 0.25) is 0 Å². The first-order chi connectivity index (χ1) is 17.2. The van der Waals surface area contributed by atoms with Gasteiger partial charge in [0.2, 0.25) is 11.8 Å². The number of amides is 2. The Morgan fingerprint density at radius 3 is 2.44 bits per heavy atom. The first-order valence-corrected chi connectivity index (χ1v) is 11.8. The molecule has 4 rings (SSSR count). The average Bonchev–Trinajstić information content (AvgIpc) is 3.24. The SMILES string of the molecule is COc1cccc(C(C(=O)NC(C)(C)C)N(C(=O)Cn2nnc3ccccc32)c2ccc(C)cc2)c1. The van der Waals surface area contributed by atoms with Gasteiger partial charge < -0.3 is 10.1 Å². The van der Waals surface area contributed by atoms with E-state index < -0.39 is 11.6 Å². The maximum atomic E-state index is 14.0. The largest absolute Gasteiger partial charge is 0.497 e. The number of nitrogens with zero attached hydrogens (tertiary/aromatic N) is 4. The number of para-hydroxylation sites is 1. The molecule has 8 nitrogen and oxygen atoms in total. The van der Waals surface area contributed by atoms with E-state index in [4.69, 9.17) is 4.74 Å². The van der Waals surface area contributed by atoms with Gasteiger partial charge in [0.15, 0.2) is 0 Å². The van der Waals surface area contributed by atoms with E-state index in [9.17, 15) is 9.59 Å². The molecule has 0 aliphatic heterocycles. The number of carbonyl (C=O) groups is 2. The van der Waals surface area contributed by atoms with Crippen molar-refractivity contribution >= 4 is 28.5 Å². The summed E-state index contributed by atoms with van der Waals surface area (Å²) in [7, 11) is 1.57. The highest BCUT2D eigenvalue weighted by atomic mass is 16.5. The Hall–Kier alpha value is -4.20. The molecular formula is C28H31N5O3. The topological polar surface area (TPSA) is 89.4 Å². The predicted octanol–water partition coefficient (Wildman–Crippen LogP) is 4.44. The zero-order valence-corrected chi connectivity index (χ0v) is 21.2. The van der Waals surface area contributed by atoms with E-state index in [0.29, 0.717) is 22.5 Å². The number of fused-ring (bicyclic) bond motifs is 1. The number of methoxy groups -OCH3 is 1. The third kappa shape index (κ3) is 5.54. The van der Waals surface area contributed by atoms with E-state index in [-0.39, 0.29) is 18.4 Å². The molecule has 1 aromatic heterocycles. The third-order valence-corrected chi connectivity index (χ3v) is 5.70. The van der Waals surface area contributed by atoms with Crippen molar-refractivity contribution in [2.24, 2.45) is 0 Å². The summed E-state index contributed by atoms with van der Waals surface area (Å²) in [5, 5.41) is 11.4. The minimum Gasteiger partial charge on any atom is -0.497 e. The zero-order valence-electron chi connectivity index (χ0n) is 21.2. The fourth-order valence-electron chi connectivity index (χ4n) is 4.05. The van der Waals surface area contributed by atoms with Gasteiger partial charge in [0.05, 0.1) is 12.6 Å². The molecule has 186 valence electrons. The first-order valence-electron chi connectivity index (χ1n) is 11.8. The molecule has 1 heterocycles. The number of nitrogens with one attached hydrogen (secondary N) is 1. The summed E-state index contributed by atoms with van der Waals surface area (Å²) in [6.45, 7) is 7.62. The molecule has 0 radical (unpaired) electrons. The quantitative estimate of drug-likeness (QED) is 0.418. The van der Waals surface area contributed by atoms with Crippen molar-refractivity contribution in [3.05, 3.63) is 83.9 Å². The highest BCUT2D eigenvalue weighted by Crippen LogP contribution is 2.31. The van der Waals surface area contributed by atoms with E-state index >= 15 is 0 Å². The summed E-state index contributed by atoms with van der Waals surface area (Å²) in [6, 6.07) is 21.3. The van der Waals surface area contributed by atoms with Crippen molar-refractivity contribution < 1.29 is 14.3 Å². The number of carbonyl (C=O) groups excluding carboxylic acids is 2. The lowest BCUT2D eigenvalue weighted by Gasteiger charge is -2.34. The van der Waals surface area contributed by atoms with Crippen LogP contribution in [0.4, 0.5) is 5.69 Å². The van der Waals surface area contributed by atoms with Gasteiger partial charge in [-0.05, 0) is 69.7 Å². The molecule has 3 aromatic carbocycles. The van der Waals surface area contributed by atoms with Gasteiger partial charge in [0.25, 0.3) is 0 Å². The molecule has 0 saturated heterocycles. The Morgan fingerprint density at radius 2 is 1.75 bits per heavy atom. The lowest BCUT2D eigenvalue weighted by Crippen LogP contribution is -2.50. The van der Waals surface area contributed by atoms with Gasteiger partial charge in [0, 0.05) is 11.2 Å². The van der Waals surface area contributed by atoms with E-state index in [2.05, 4.69) is 15.6 Å². The molecule has 0 saturated carbocycles. The van der Waals surface area contributed by atoms with Gasteiger partial charge in [-0.1, -0.05) is 47.2 Å². The second kappa shape index (κ2) is 10.2. The van der Waals surface area contributed by atoms with E-state index in [0.717, 1.165) is 11.1 Å². The lowest BCUT2D eigenvalue weighted by atomic mass is 10.00. The molecule has 8 heteroatoms. The second-order valence-corrected chi connectivity index (χ2v) is 9.75. The Labute approximate surface area is 210 Å². The van der Waals surface area contributed by atoms with Gasteiger partial charge in [-0.15, -0.1) is 5.10 Å². The summed E-state index contributed by atoms with van der Waals surface area (Å²) in [5.74, 6) is -0.000791. The standard InChI is InChI=1S/C28H31N5O3/c1-19-13-15-21(16-14-19)33(25(34)18-32-24-12-7-6-11-23(24)30-31-32)26(27(35)29-28(2,3)4)20-9-8-10-22(17-20)36-5/h6-17,26H,18H2,1-5H3,(H,29,35). The van der Waals surface area contributed by atoms with Crippen LogP contribution in [0.25, 0.3) is 11.0 Å². The first kappa shape index (κ1) is 24.9. The number of aryl methyl sites for hydroxylation is 1. The number of benzene rings is 3. The van der Waals surface area contributed by atoms with E-state index in [1.54, 1.807) is 17.9 Å². The molecule has 2 amide bonds. The van der Waals surface area contributed by atoms with Gasteiger partial charge >= 0.3 is 0 Å². The van der Waals surface area contributed by atoms with Crippen molar-refractivity contribution in [2.75, 3.05) is 12.0 Å². The van der Waals surface area contributed by atoms with Crippen LogP contribution in [0.3, 0.4) is 0 Å². The number of ether oxygens (including phenoxy) is 1. The summed E-state index contributed by atoms with van der Waals surface area (Å²) < 4.78 is 6.98. The summed E-state index contributed by atoms with van der Waals surface area (Å²) in [4.78, 5) is 29.3. The summed E-state index contributed by atoms with van der Waals surface area (Å²) in [6.07, 6.45) is 0. The molecule has 0 bridgehead atoms. The smallest absolute Gasteiger partial charge is 0.249 e. The third-order valence-electron chi connectivity index (χ3n) is 5.70. The highest BCUT2D eigenvalue weighted by molar-refractivity contribution is 6.01. The Kier molecular flexibility index (Phi) is 7.05. The Balaban J connectivity index is 1.83. The van der Waals surface area contributed by atoms with Crippen LogP contribution in [0.15, 0.2) is 72.8 Å². The van der Waals surface area contributed by atoms with Crippen LogP contribution in [0, 0.1) is 6.92 Å². The van der Waals surface area contributed by atoms with Gasteiger partial charge in [0.1, 0.15) is 23.9 Å². The second-order valence-electron chi connectivity index (χ2n) is 9.75. The summed E-state index contributed by atoms with van der Waals surface area (Å²) in [5.41, 5.74) is 3.22. The minimum atomic E-state index is -0.940. The van der Waals surface area contributed by atoms with Crippen molar-refractivity contribution in [2.45, 2.75) is 45.8 Å². The van der Waals surface area contributed by atoms with Gasteiger partial charge in [-0.3, -0.25) is 14.5 Å². The van der Waals surface area contributed by atoms with E-state index in [1.165, 1.54) is 4.90 Å². The van der Waals surface area contributed by atoms with Crippen molar-refractivity contribution in [1.82, 2.24) is 20.3 Å². The van der Waals surface area contributed by atoms with Gasteiger partial charge in [-0.25, -0.2) is 4.68 Å². The van der Waals surface area contributed by atoms with Gasteiger partial charge in [-0.2, -0.15) is 0 Å². The molecule has 4 aromatic rings. The molecule has 0 aliphatic carbocycles. The van der Waals surface area contributed by atoms with Crippen LogP contribution in [-0.2, 0) is 16.1 Å². The lowest BCUT2D eigenvalue weighted by molar-refractivity contribution is -0.128. The molecule has 1 atom stereocenters. The van der Waals surface area contributed by atoms with Crippen LogP contribution < -0.4 is 15.0 Å². The number of aromatic nitrogens is 3. The Bertz CT molecular complexity index is 1370. The maximum absolute atomic E-state index is 14.0. The minimum absolute atomic E-state index is 0.0857. The van der Waals surface area contributed by atoms with Crippen LogP contribution >= 0.6 is 0 Å². The highest BCUT2D eigenvalue weighted by Gasteiger charge is 2.35. The molecular weight excluding hydrogens is 454 g/mol. The Morgan fingerprint density at radius 1 is 1.03 bits per heavy atom. The molecule has 1 N–H and O–H groups in total. The number of hydrogen-bond donors (Lipinski definition) is 1. The normalized spacial score (nSPS) is 12.2. The average molecular weight is 486 g/mol. The molecule has 0 fully saturated rings. The summed E-state index contributed by atoms with van der Waals surface area (Å²) >= 11 is 0. The van der Waals surface area contributed by atoms with Crippen LogP contribution in [-0.4, -0.2) is 39.5 Å². The van der Waals surface area contributed by atoms with Crippen molar-refractivity contribution in [3.63, 3.8) is 0 Å². The fourth-order valence-corrected chi connectivity index (χ4v) is 4.05. The monoisotopic (exact) mass is 485 g/mol. The number of anilines is 1. The van der Waals surface area contributed by atoms with Crippen LogP contribution in [0.1, 0.15) is 37.9 Å². The molecule has 36 heavy (non-hydrogen) atoms. The molecule has 0 aliphatic rings. The fraction of sp³-hybridized carbons (Fsp3) is 0.286. The van der Waals surface area contributed by atoms with Crippen molar-refractivity contribution in [3.8, 4) is 5.75 Å². The predicted molar refractivity (Wildman–Crippen MR) is 140 cm³/mol. The van der Waals surface area contributed by atoms with Crippen LogP contribution in [0.5, 0.6) is 5.75 Å². The van der Waals surface area contributed by atoms with Crippen molar-refractivity contribution in [1.29, 1.82) is 0 Å². The molecule has 1 unspecified atom stereocenters. The number of rotatable bonds is 7. The number of hydrogen-bond acceptors (Lipinski definition) is 5.